The maximum Gasteiger partial charge on any atom is 0.311 e. The van der Waals surface area contributed by atoms with Gasteiger partial charge < -0.3 is 133 Å². The summed E-state index contributed by atoms with van der Waals surface area (Å²) in [6.45, 7) is 35.9. The number of aliphatic hydroxyl groups is 6. The molecule has 664 valence electrons. The van der Waals surface area contributed by atoms with Crippen LogP contribution in [0.15, 0.2) is 0 Å². The Kier molecular flexibility index (Phi) is 38.4. The monoisotopic (exact) mass is 1640 g/mol. The molecule has 0 aromatic rings. The second-order valence-electron chi connectivity index (χ2n) is 35.2. The van der Waals surface area contributed by atoms with Crippen molar-refractivity contribution in [2.75, 3.05) is 76.4 Å². The van der Waals surface area contributed by atoms with Gasteiger partial charge in [0, 0.05) is 83.6 Å². The molecule has 6 aliphatic heterocycles. The highest BCUT2D eigenvalue weighted by Crippen LogP contribution is 2.45. The number of ether oxygens (including phenoxy) is 16. The predicted octanol–water partition coefficient (Wildman–Crippen LogP) is 4.79. The molecule has 2 amide bonds. The van der Waals surface area contributed by atoms with Gasteiger partial charge in [0.25, 0.3) is 0 Å². The largest absolute Gasteiger partial charge is 0.459 e. The van der Waals surface area contributed by atoms with Crippen molar-refractivity contribution in [3.8, 4) is 6.07 Å². The van der Waals surface area contributed by atoms with E-state index in [1.807, 2.05) is 100 Å². The zero-order valence-corrected chi connectivity index (χ0v) is 73.8. The molecule has 114 heavy (non-hydrogen) atoms. The topological polar surface area (TPSA) is 418 Å². The molecule has 32 nitrogen and oxygen atoms in total. The van der Waals surface area contributed by atoms with E-state index in [9.17, 15) is 49.8 Å². The maximum absolute atomic E-state index is 14.4. The first kappa shape index (κ1) is 101. The molecule has 0 saturated carbocycles. The number of nitrogens with one attached hydrogen (secondary N) is 2. The van der Waals surface area contributed by atoms with Crippen LogP contribution in [0.3, 0.4) is 0 Å². The summed E-state index contributed by atoms with van der Waals surface area (Å²) in [5.74, 6) is -7.11. The lowest BCUT2D eigenvalue weighted by molar-refractivity contribution is -0.322. The number of nitrogens with zero attached hydrogens (tertiary/aromatic N) is 3. The number of methoxy groups -OCH3 is 4. The van der Waals surface area contributed by atoms with E-state index < -0.39 is 216 Å². The third-order valence-electron chi connectivity index (χ3n) is 25.4. The molecular weight excluding hydrogens is 1480 g/mol. The van der Waals surface area contributed by atoms with Crippen molar-refractivity contribution in [1.29, 1.82) is 5.26 Å². The molecule has 36 atom stereocenters. The van der Waals surface area contributed by atoms with Crippen LogP contribution in [-0.4, -0.2) is 321 Å². The fraction of sp³-hybridized carbons (Fsp3) is 0.939. The zero-order chi connectivity index (χ0) is 86.4. The molecule has 0 radical (unpaired) electrons. The van der Waals surface area contributed by atoms with Gasteiger partial charge in [0.1, 0.15) is 60.0 Å². The van der Waals surface area contributed by atoms with Gasteiger partial charge in [-0.1, -0.05) is 41.5 Å². The number of likely N-dealkylation sites (N-methyl/N-ethyl adjacent to an activating group) is 2. The zero-order valence-electron chi connectivity index (χ0n) is 73.8. The second-order valence-corrected chi connectivity index (χ2v) is 35.2. The Labute approximate surface area is 679 Å². The van der Waals surface area contributed by atoms with Gasteiger partial charge in [-0.2, -0.15) is 5.26 Å². The minimum Gasteiger partial charge on any atom is -0.459 e. The van der Waals surface area contributed by atoms with Crippen LogP contribution in [0.4, 0.5) is 0 Å². The fourth-order valence-electron chi connectivity index (χ4n) is 18.0. The van der Waals surface area contributed by atoms with Crippen LogP contribution >= 0.6 is 0 Å². The Bertz CT molecular complexity index is 3010. The summed E-state index contributed by atoms with van der Waals surface area (Å²) < 4.78 is 102. The molecular formula is C82H150N6O26. The van der Waals surface area contributed by atoms with Crippen LogP contribution in [0.25, 0.3) is 0 Å². The van der Waals surface area contributed by atoms with Gasteiger partial charge in [-0.25, -0.2) is 0 Å². The van der Waals surface area contributed by atoms with E-state index in [4.69, 9.17) is 86.8 Å². The van der Waals surface area contributed by atoms with Gasteiger partial charge >= 0.3 is 11.9 Å². The van der Waals surface area contributed by atoms with E-state index >= 15 is 0 Å². The predicted molar refractivity (Wildman–Crippen MR) is 420 cm³/mol. The molecule has 0 aliphatic carbocycles. The Hall–Kier alpha value is -3.55. The van der Waals surface area contributed by atoms with Crippen molar-refractivity contribution in [1.82, 2.24) is 20.4 Å². The van der Waals surface area contributed by atoms with E-state index in [1.54, 1.807) is 76.5 Å². The molecule has 32 heteroatoms. The number of amides is 2. The average molecular weight is 1640 g/mol. The quantitative estimate of drug-likeness (QED) is 0.0490. The van der Waals surface area contributed by atoms with E-state index in [0.29, 0.717) is 32.4 Å². The number of hydrogen-bond acceptors (Lipinski definition) is 30. The van der Waals surface area contributed by atoms with Gasteiger partial charge in [0.15, 0.2) is 25.2 Å². The van der Waals surface area contributed by atoms with Gasteiger partial charge in [0.05, 0.1) is 114 Å². The fourth-order valence-corrected chi connectivity index (χ4v) is 18.0. The Morgan fingerprint density at radius 3 is 1.15 bits per heavy atom. The molecule has 10 N–H and O–H groups in total. The van der Waals surface area contributed by atoms with Crippen LogP contribution in [0, 0.1) is 46.8 Å². The molecule has 6 heterocycles. The Morgan fingerprint density at radius 2 is 0.842 bits per heavy atom. The number of esters is 2. The number of rotatable bonds is 23. The smallest absolute Gasteiger partial charge is 0.311 e. The lowest BCUT2D eigenvalue weighted by Gasteiger charge is -2.50. The average Bonchev–Trinajstić information content (AvgIpc) is 1.07. The summed E-state index contributed by atoms with van der Waals surface area (Å²) in [5.41, 5.74) is -2.44. The molecule has 6 aliphatic rings. The number of nitriles is 1. The van der Waals surface area contributed by atoms with Crippen LogP contribution < -0.4 is 16.4 Å². The van der Waals surface area contributed by atoms with Crippen molar-refractivity contribution in [2.45, 2.75) is 383 Å². The van der Waals surface area contributed by atoms with Gasteiger partial charge in [0.2, 0.25) is 11.8 Å². The summed E-state index contributed by atoms with van der Waals surface area (Å²) >= 11 is 0. The number of carbonyl (C=O) groups is 4. The first-order valence-corrected chi connectivity index (χ1v) is 41.3. The van der Waals surface area contributed by atoms with Gasteiger partial charge in [-0.05, 0) is 177 Å². The molecule has 0 spiro atoms. The van der Waals surface area contributed by atoms with E-state index in [0.717, 1.165) is 0 Å². The first-order chi connectivity index (χ1) is 53.0. The lowest BCUT2D eigenvalue weighted by Crippen LogP contribution is -2.61. The highest BCUT2D eigenvalue weighted by Gasteiger charge is 2.58. The molecule has 2 unspecified atom stereocenters. The van der Waals surface area contributed by atoms with Crippen LogP contribution in [0.5, 0.6) is 0 Å². The summed E-state index contributed by atoms with van der Waals surface area (Å²) in [5, 5.41) is 84.3. The number of carbonyl (C=O) groups excluding carboxylic acids is 4. The van der Waals surface area contributed by atoms with Crippen LogP contribution in [0.1, 0.15) is 203 Å². The molecule has 0 aromatic heterocycles. The minimum absolute atomic E-state index is 0.0998. The number of cyclic esters (lactones) is 2. The van der Waals surface area contributed by atoms with Crippen molar-refractivity contribution in [3.05, 3.63) is 0 Å². The molecule has 0 bridgehead atoms. The summed E-state index contributed by atoms with van der Waals surface area (Å²) in [7, 11) is 13.7. The standard InChI is InChI=1S/C41H77N3O13.C41H73N3O13/c2*1-15-29-41(10,49)33(46)26(6)43-36(47)22(2)20-39(8,50-13)34(57-38-31(45)28(44(11)12)19-23(3)53-38)24(4)32(25(5)37(48)55-29)56-30-21-40(9,51-14)35(27(7)54-30)52-18-16-17-42/h22-35,38,45-46,49H,15-21,42H2,1-14H3,(H,43,47);22-35,38,45-46,49H,15-16,18-21H2,1-14H3,(H,43,47)/t2*22-,23-,24+,25-,26-,27+,28+,29-,30+,31-,32+,33-,34-,35?,38+,39-,40-,41-/m11/s1. The van der Waals surface area contributed by atoms with Gasteiger partial charge in [-0.3, -0.25) is 19.2 Å². The maximum atomic E-state index is 14.4. The van der Waals surface area contributed by atoms with E-state index in [1.165, 1.54) is 28.1 Å². The first-order valence-electron chi connectivity index (χ1n) is 41.3. The summed E-state index contributed by atoms with van der Waals surface area (Å²) in [6, 6.07) is -0.338. The van der Waals surface area contributed by atoms with Crippen LogP contribution in [-0.2, 0) is 95.0 Å². The summed E-state index contributed by atoms with van der Waals surface area (Å²) in [6.07, 6.45) is -15.1. The number of nitrogens with two attached hydrogens (primary N) is 1. The van der Waals surface area contributed by atoms with Crippen molar-refractivity contribution >= 4 is 23.8 Å². The molecule has 6 saturated heterocycles. The highest BCUT2D eigenvalue weighted by atomic mass is 16.7. The summed E-state index contributed by atoms with van der Waals surface area (Å²) in [4.78, 5) is 60.2. The Morgan fingerprint density at radius 1 is 0.509 bits per heavy atom. The van der Waals surface area contributed by atoms with Crippen molar-refractivity contribution in [2.24, 2.45) is 41.2 Å². The lowest BCUT2D eigenvalue weighted by atomic mass is 9.77. The molecule has 0 aromatic carbocycles. The second kappa shape index (κ2) is 43.3. The Balaban J connectivity index is 0.000000407. The van der Waals surface area contributed by atoms with E-state index in [2.05, 4.69) is 16.7 Å². The third kappa shape index (κ3) is 24.4. The van der Waals surface area contributed by atoms with Crippen molar-refractivity contribution in [3.63, 3.8) is 0 Å². The SMILES string of the molecule is CC[C@H]1OC(=O)[C@H](C)[C@@H](O[C@H]2C[C@@](C)(OC)C(OCCC#N)[C@H](C)O2)[C@H](C)[C@@H](O[C@@H]2O[C@H](C)C[C@H](N(C)C)[C@H]2O)[C@](C)(OC)C[C@@H](C)C(=O)N[C@H](C)[C@@H](O)[C@]1(C)O.CC[C@H]1OC(=O)[C@H](C)[C@@H](O[C@H]2C[C@@](C)(OC)C(OCCCN)[C@H](C)O2)[C@H](C)[C@@H](O[C@@H]2O[C@H](C)C[C@H](N(C)C)[C@H]2O)[C@](C)(OC)C[C@@H](C)C(=O)N[C@H](C)[C@@H](O)[C@]1(C)O. The minimum atomic E-state index is -1.95. The normalized spacial score (nSPS) is 45.8. The third-order valence-corrected chi connectivity index (χ3v) is 25.4. The van der Waals surface area contributed by atoms with Crippen LogP contribution in [0.2, 0.25) is 0 Å². The van der Waals surface area contributed by atoms with E-state index in [-0.39, 0.29) is 75.8 Å². The number of hydrogen-bond donors (Lipinski definition) is 9. The van der Waals surface area contributed by atoms with Gasteiger partial charge in [-0.15, -0.1) is 0 Å². The molecule has 6 rings (SSSR count). The highest BCUT2D eigenvalue weighted by molar-refractivity contribution is 5.79. The number of aliphatic hydroxyl groups excluding tert-OH is 4. The molecule has 6 fully saturated rings. The van der Waals surface area contributed by atoms with Crippen molar-refractivity contribution < 1.29 is 126 Å².